The number of benzene rings is 3. The van der Waals surface area contributed by atoms with Gasteiger partial charge in [-0.05, 0) is 48.7 Å². The lowest BCUT2D eigenvalue weighted by Crippen LogP contribution is -2.44. The van der Waals surface area contributed by atoms with Crippen molar-refractivity contribution in [3.8, 4) is 5.69 Å². The highest BCUT2D eigenvalue weighted by Crippen LogP contribution is 2.45. The molecule has 1 saturated heterocycles. The van der Waals surface area contributed by atoms with Crippen molar-refractivity contribution in [2.24, 2.45) is 5.92 Å². The third-order valence-electron chi connectivity index (χ3n) is 8.59. The summed E-state index contributed by atoms with van der Waals surface area (Å²) in [6.07, 6.45) is 5.26. The molecule has 9 heteroatoms. The van der Waals surface area contributed by atoms with Crippen LogP contribution in [-0.4, -0.2) is 55.9 Å². The summed E-state index contributed by atoms with van der Waals surface area (Å²) in [4.78, 5) is 42.7. The van der Waals surface area contributed by atoms with E-state index in [0.717, 1.165) is 23.9 Å². The Morgan fingerprint density at radius 3 is 2.57 bits per heavy atom. The molecule has 4 aromatic rings. The largest absolute Gasteiger partial charge is 0.394 e. The summed E-state index contributed by atoms with van der Waals surface area (Å²) in [6.45, 7) is 2.61. The van der Waals surface area contributed by atoms with E-state index in [0.29, 0.717) is 28.9 Å². The molecule has 1 fully saturated rings. The number of anilines is 1. The Hall–Kier alpha value is -4.47. The van der Waals surface area contributed by atoms with Gasteiger partial charge < -0.3 is 20.0 Å². The maximum atomic E-state index is 13.8. The van der Waals surface area contributed by atoms with Crippen LogP contribution >= 0.6 is 0 Å². The van der Waals surface area contributed by atoms with Gasteiger partial charge >= 0.3 is 0 Å². The lowest BCUT2D eigenvalue weighted by atomic mass is 9.83. The van der Waals surface area contributed by atoms with Crippen LogP contribution in [0.1, 0.15) is 37.3 Å². The highest BCUT2D eigenvalue weighted by molar-refractivity contribution is 6.07. The van der Waals surface area contributed by atoms with Gasteiger partial charge in [0.1, 0.15) is 0 Å². The molecule has 216 valence electrons. The molecule has 0 aliphatic carbocycles. The number of nitrogens with zero attached hydrogens (tertiary/aromatic N) is 3. The summed E-state index contributed by atoms with van der Waals surface area (Å²) in [7, 11) is 0. The number of nitrogens with one attached hydrogen (secondary N) is 1. The van der Waals surface area contributed by atoms with Gasteiger partial charge in [-0.25, -0.2) is 4.68 Å². The second kappa shape index (κ2) is 11.1. The van der Waals surface area contributed by atoms with Crippen LogP contribution in [0.25, 0.3) is 16.6 Å². The molecule has 9 nitrogen and oxygen atoms in total. The van der Waals surface area contributed by atoms with Crippen LogP contribution in [0, 0.1) is 5.92 Å². The second-order valence-electron chi connectivity index (χ2n) is 11.1. The molecule has 2 aliphatic rings. The van der Waals surface area contributed by atoms with Gasteiger partial charge in [0.05, 0.1) is 41.5 Å². The van der Waals surface area contributed by atoms with E-state index >= 15 is 0 Å². The third kappa shape index (κ3) is 4.64. The summed E-state index contributed by atoms with van der Waals surface area (Å²) >= 11 is 0. The zero-order valence-corrected chi connectivity index (χ0v) is 23.4. The van der Waals surface area contributed by atoms with Gasteiger partial charge in [0.2, 0.25) is 5.91 Å². The first-order chi connectivity index (χ1) is 20.3. The van der Waals surface area contributed by atoms with Crippen molar-refractivity contribution < 1.29 is 19.8 Å². The quantitative estimate of drug-likeness (QED) is 0.282. The summed E-state index contributed by atoms with van der Waals surface area (Å²) in [6, 6.07) is 21.8. The van der Waals surface area contributed by atoms with Crippen LogP contribution in [-0.2, 0) is 21.7 Å². The van der Waals surface area contributed by atoms with Crippen molar-refractivity contribution in [1.82, 2.24) is 14.7 Å². The third-order valence-corrected chi connectivity index (χ3v) is 8.59. The number of amides is 2. The number of carbonyl (C=O) groups excluding carboxylic acids is 2. The van der Waals surface area contributed by atoms with E-state index in [1.54, 1.807) is 47.1 Å². The molecule has 0 spiro atoms. The Balaban J connectivity index is 1.20. The Morgan fingerprint density at radius 2 is 1.81 bits per heavy atom. The Morgan fingerprint density at radius 1 is 1.07 bits per heavy atom. The van der Waals surface area contributed by atoms with E-state index in [9.17, 15) is 24.6 Å². The van der Waals surface area contributed by atoms with Crippen molar-refractivity contribution in [1.29, 1.82) is 0 Å². The lowest BCUT2D eigenvalue weighted by Gasteiger charge is -2.28. The van der Waals surface area contributed by atoms with Crippen molar-refractivity contribution in [3.05, 3.63) is 106 Å². The molecule has 0 saturated carbocycles. The number of carbonyl (C=O) groups is 2. The molecule has 42 heavy (non-hydrogen) atoms. The smallest absolute Gasteiger partial charge is 0.279 e. The first-order valence-corrected chi connectivity index (χ1v) is 14.3. The minimum Gasteiger partial charge on any atom is -0.394 e. The Bertz CT molecular complexity index is 1720. The van der Waals surface area contributed by atoms with Gasteiger partial charge in [-0.1, -0.05) is 61.5 Å². The number of hydrogen-bond acceptors (Lipinski definition) is 5. The van der Waals surface area contributed by atoms with E-state index in [4.69, 9.17) is 0 Å². The fourth-order valence-corrected chi connectivity index (χ4v) is 6.22. The van der Waals surface area contributed by atoms with Gasteiger partial charge in [0.25, 0.3) is 11.5 Å². The van der Waals surface area contributed by atoms with Crippen LogP contribution in [0.5, 0.6) is 0 Å². The number of aromatic amines is 1. The summed E-state index contributed by atoms with van der Waals surface area (Å²) in [5.41, 5.74) is 1.52. The molecule has 6 rings (SSSR count). The number of rotatable bonds is 8. The topological polar surface area (TPSA) is 119 Å². The number of H-pyrrole nitrogens is 1. The molecule has 2 amide bonds. The molecular weight excluding hydrogens is 532 g/mol. The standard InChI is InChI=1S/C33H34N4O5/c1-22(8-6-14-30(39)35-19-7-9-25(35)21-38)33(42)27-11-3-5-13-29(27)36(32(33)41)20-23-15-17-24(18-16-23)37-31(40)26-10-2-4-12-28(26)34-37/h2-6,8,10-13,15-18,22,25,34,38,42H,7,9,14,19-21H2,1H3/b8-6+/t22-,25+,33+/m1/s1. The highest BCUT2D eigenvalue weighted by Gasteiger charge is 2.52. The molecule has 3 heterocycles. The SMILES string of the molecule is C[C@H](/C=C/CC(=O)N1CCC[C@H]1CO)[C@@]1(O)C(=O)N(Cc2ccc(-n3[nH]c4ccccc4c3=O)cc2)c2ccccc21. The van der Waals surface area contributed by atoms with E-state index in [1.165, 1.54) is 4.68 Å². The monoisotopic (exact) mass is 566 g/mol. The fraction of sp³-hybridized carbons (Fsp3) is 0.303. The summed E-state index contributed by atoms with van der Waals surface area (Å²) in [5, 5.41) is 25.1. The van der Waals surface area contributed by atoms with Crippen molar-refractivity contribution in [2.45, 2.75) is 44.4 Å². The number of likely N-dealkylation sites (tertiary alicyclic amines) is 1. The molecule has 3 atom stereocenters. The van der Waals surface area contributed by atoms with Crippen molar-refractivity contribution in [2.75, 3.05) is 18.1 Å². The van der Waals surface area contributed by atoms with Gasteiger partial charge in [-0.15, -0.1) is 0 Å². The van der Waals surface area contributed by atoms with Crippen molar-refractivity contribution >= 4 is 28.4 Å². The van der Waals surface area contributed by atoms with Crippen LogP contribution in [0.4, 0.5) is 5.69 Å². The van der Waals surface area contributed by atoms with Crippen molar-refractivity contribution in [3.63, 3.8) is 0 Å². The maximum absolute atomic E-state index is 13.8. The van der Waals surface area contributed by atoms with Crippen LogP contribution in [0.15, 0.2) is 89.7 Å². The van der Waals surface area contributed by atoms with Gasteiger partial charge in [-0.3, -0.25) is 19.5 Å². The normalized spacial score (nSPS) is 21.0. The minimum absolute atomic E-state index is 0.0447. The van der Waals surface area contributed by atoms with Crippen LogP contribution in [0.3, 0.4) is 0 Å². The molecule has 0 unspecified atom stereocenters. The number of hydrogen-bond donors (Lipinski definition) is 3. The van der Waals surface area contributed by atoms with Gasteiger partial charge in [0.15, 0.2) is 5.60 Å². The molecular formula is C33H34N4O5. The van der Waals surface area contributed by atoms with Gasteiger partial charge in [-0.2, -0.15) is 0 Å². The maximum Gasteiger partial charge on any atom is 0.279 e. The first kappa shape index (κ1) is 27.7. The second-order valence-corrected chi connectivity index (χ2v) is 11.1. The molecule has 3 N–H and O–H groups in total. The van der Waals surface area contributed by atoms with Gasteiger partial charge in [0, 0.05) is 24.4 Å². The van der Waals surface area contributed by atoms with Crippen LogP contribution < -0.4 is 10.5 Å². The highest BCUT2D eigenvalue weighted by atomic mass is 16.3. The molecule has 0 bridgehead atoms. The molecule has 2 aliphatic heterocycles. The zero-order valence-electron chi connectivity index (χ0n) is 23.4. The lowest BCUT2D eigenvalue weighted by molar-refractivity contribution is -0.139. The fourth-order valence-electron chi connectivity index (χ4n) is 6.22. The first-order valence-electron chi connectivity index (χ1n) is 14.3. The van der Waals surface area contributed by atoms with E-state index < -0.39 is 17.4 Å². The Labute approximate surface area is 243 Å². The van der Waals surface area contributed by atoms with E-state index in [1.807, 2.05) is 54.6 Å². The average molecular weight is 567 g/mol. The number of aliphatic hydroxyl groups is 2. The Kier molecular flexibility index (Phi) is 7.30. The minimum atomic E-state index is -1.78. The number of aromatic nitrogens is 2. The van der Waals surface area contributed by atoms with Crippen LogP contribution in [0.2, 0.25) is 0 Å². The predicted octanol–water partition coefficient (Wildman–Crippen LogP) is 3.62. The predicted molar refractivity (Wildman–Crippen MR) is 160 cm³/mol. The average Bonchev–Trinajstić information content (AvgIpc) is 3.69. The number of fused-ring (bicyclic) bond motifs is 2. The number of para-hydroxylation sites is 2. The molecule has 1 aromatic heterocycles. The number of aliphatic hydroxyl groups excluding tert-OH is 1. The molecule has 0 radical (unpaired) electrons. The van der Waals surface area contributed by atoms with E-state index in [2.05, 4.69) is 5.10 Å². The van der Waals surface area contributed by atoms with E-state index in [-0.39, 0.29) is 37.1 Å². The summed E-state index contributed by atoms with van der Waals surface area (Å²) in [5.74, 6) is -1.09. The molecule has 3 aromatic carbocycles. The summed E-state index contributed by atoms with van der Waals surface area (Å²) < 4.78 is 1.50. The zero-order chi connectivity index (χ0) is 29.4.